The van der Waals surface area contributed by atoms with Crippen molar-refractivity contribution in [1.29, 1.82) is 0 Å². The smallest absolute Gasteiger partial charge is 0.110 e. The molecule has 0 aromatic rings. The zero-order valence-electron chi connectivity index (χ0n) is 12.3. The first-order chi connectivity index (χ1) is 8.99. The zero-order valence-corrected chi connectivity index (χ0v) is 12.3. The summed E-state index contributed by atoms with van der Waals surface area (Å²) >= 11 is 0. The summed E-state index contributed by atoms with van der Waals surface area (Å²) in [6.07, 6.45) is 12.1. The Labute approximate surface area is 116 Å². The molecular weight excluding hydrogens is 237 g/mol. The van der Waals surface area contributed by atoms with Crippen LogP contribution in [-0.4, -0.2) is 6.54 Å². The van der Waals surface area contributed by atoms with Crippen molar-refractivity contribution in [3.63, 3.8) is 0 Å². The van der Waals surface area contributed by atoms with E-state index < -0.39 is 0 Å². The van der Waals surface area contributed by atoms with Gasteiger partial charge in [0.15, 0.2) is 0 Å². The highest BCUT2D eigenvalue weighted by Gasteiger charge is 1.90. The van der Waals surface area contributed by atoms with Crippen molar-refractivity contribution in [1.82, 2.24) is 5.32 Å². The van der Waals surface area contributed by atoms with Gasteiger partial charge < -0.3 is 5.32 Å². The van der Waals surface area contributed by atoms with E-state index in [0.29, 0.717) is 18.6 Å². The van der Waals surface area contributed by atoms with E-state index in [1.54, 1.807) is 6.08 Å². The number of hydrogen-bond donors (Lipinski definition) is 1. The van der Waals surface area contributed by atoms with Gasteiger partial charge in [0, 0.05) is 6.54 Å². The molecule has 1 N–H and O–H groups in total. The molecule has 0 saturated heterocycles. The van der Waals surface area contributed by atoms with Crippen molar-refractivity contribution in [2.24, 2.45) is 0 Å². The first-order valence-electron chi connectivity index (χ1n) is 6.35. The zero-order chi connectivity index (χ0) is 14.7. The Kier molecular flexibility index (Phi) is 9.15. The Morgan fingerprint density at radius 2 is 1.68 bits per heavy atom. The summed E-state index contributed by atoms with van der Waals surface area (Å²) in [5.74, 6) is 0. The van der Waals surface area contributed by atoms with Gasteiger partial charge in [-0.15, -0.1) is 0 Å². The van der Waals surface area contributed by atoms with Crippen molar-refractivity contribution in [2.75, 3.05) is 6.54 Å². The van der Waals surface area contributed by atoms with Crippen LogP contribution in [0.25, 0.3) is 0 Å². The first-order valence-corrected chi connectivity index (χ1v) is 6.35. The van der Waals surface area contributed by atoms with Crippen molar-refractivity contribution >= 4 is 0 Å². The first kappa shape index (κ1) is 17.2. The summed E-state index contributed by atoms with van der Waals surface area (Å²) in [6.45, 7) is 12.2. The minimum absolute atomic E-state index is 0.467. The van der Waals surface area contributed by atoms with Crippen molar-refractivity contribution in [3.05, 3.63) is 71.8 Å². The van der Waals surface area contributed by atoms with E-state index in [2.05, 4.69) is 11.9 Å². The van der Waals surface area contributed by atoms with Gasteiger partial charge in [-0.05, 0) is 33.8 Å². The van der Waals surface area contributed by atoms with E-state index in [1.807, 2.05) is 58.1 Å². The van der Waals surface area contributed by atoms with E-state index in [-0.39, 0.29) is 0 Å². The Morgan fingerprint density at radius 1 is 1.05 bits per heavy atom. The molecule has 0 aliphatic carbocycles. The standard InChI is InChI=1S/C17H24FN/c1-6-15(4)9-10-17(13-18)19-12-11-16(5)8-7-14(2)3/h6-11,13,19H,2,12H2,1,3-5H3/b8-7-,10-9-,15-6-,16-11-,17-13-. The van der Waals surface area contributed by atoms with E-state index in [1.165, 1.54) is 0 Å². The molecule has 104 valence electrons. The molecule has 0 aromatic heterocycles. The SMILES string of the molecule is C=C(C)/C=C\C(C)=C/CNC(/C=C\C(C)=C/C)=C\F. The average Bonchev–Trinajstić information content (AvgIpc) is 2.39. The Bertz CT molecular complexity index is 434. The van der Waals surface area contributed by atoms with Crippen LogP contribution in [0.4, 0.5) is 4.39 Å². The van der Waals surface area contributed by atoms with Crippen LogP contribution in [0.5, 0.6) is 0 Å². The number of nitrogens with one attached hydrogen (secondary N) is 1. The normalized spacial score (nSPS) is 14.5. The topological polar surface area (TPSA) is 12.0 Å². The Morgan fingerprint density at radius 3 is 2.21 bits per heavy atom. The van der Waals surface area contributed by atoms with Crippen molar-refractivity contribution < 1.29 is 4.39 Å². The van der Waals surface area contributed by atoms with Crippen LogP contribution >= 0.6 is 0 Å². The van der Waals surface area contributed by atoms with Gasteiger partial charge in [-0.1, -0.05) is 53.7 Å². The van der Waals surface area contributed by atoms with Gasteiger partial charge in [-0.2, -0.15) is 0 Å². The maximum Gasteiger partial charge on any atom is 0.110 e. The summed E-state index contributed by atoms with van der Waals surface area (Å²) in [5, 5.41) is 3.01. The fourth-order valence-electron chi connectivity index (χ4n) is 1.12. The van der Waals surface area contributed by atoms with Gasteiger partial charge in [0.05, 0.1) is 5.70 Å². The second kappa shape index (κ2) is 10.1. The quantitative estimate of drug-likeness (QED) is 0.637. The Hall–Kier alpha value is -1.83. The van der Waals surface area contributed by atoms with Crippen LogP contribution in [0.3, 0.4) is 0 Å². The largest absolute Gasteiger partial charge is 0.380 e. The second-order valence-electron chi connectivity index (χ2n) is 4.44. The third-order valence-corrected chi connectivity index (χ3v) is 2.46. The maximum atomic E-state index is 12.6. The average molecular weight is 261 g/mol. The van der Waals surface area contributed by atoms with E-state index in [0.717, 1.165) is 16.7 Å². The number of allylic oxidation sites excluding steroid dienone is 8. The molecule has 0 atom stereocenters. The summed E-state index contributed by atoms with van der Waals surface area (Å²) in [4.78, 5) is 0. The molecule has 0 saturated carbocycles. The van der Waals surface area contributed by atoms with Gasteiger partial charge in [-0.3, -0.25) is 0 Å². The molecule has 0 amide bonds. The number of rotatable bonds is 7. The highest BCUT2D eigenvalue weighted by atomic mass is 19.1. The van der Waals surface area contributed by atoms with Crippen LogP contribution in [0.1, 0.15) is 27.7 Å². The predicted octanol–water partition coefficient (Wildman–Crippen LogP) is 4.99. The van der Waals surface area contributed by atoms with Crippen molar-refractivity contribution in [2.45, 2.75) is 27.7 Å². The van der Waals surface area contributed by atoms with Gasteiger partial charge in [0.2, 0.25) is 0 Å². The molecule has 0 rings (SSSR count). The molecule has 1 nitrogen and oxygen atoms in total. The van der Waals surface area contributed by atoms with Crippen LogP contribution in [-0.2, 0) is 0 Å². The van der Waals surface area contributed by atoms with Crippen LogP contribution < -0.4 is 5.32 Å². The molecule has 0 aliphatic heterocycles. The van der Waals surface area contributed by atoms with Crippen LogP contribution in [0.15, 0.2) is 71.8 Å². The van der Waals surface area contributed by atoms with Gasteiger partial charge >= 0.3 is 0 Å². The molecule has 0 unspecified atom stereocenters. The molecule has 0 aromatic carbocycles. The lowest BCUT2D eigenvalue weighted by Gasteiger charge is -2.03. The summed E-state index contributed by atoms with van der Waals surface area (Å²) in [6, 6.07) is 0. The Balaban J connectivity index is 4.35. The second-order valence-corrected chi connectivity index (χ2v) is 4.44. The van der Waals surface area contributed by atoms with Gasteiger partial charge in [-0.25, -0.2) is 4.39 Å². The predicted molar refractivity (Wildman–Crippen MR) is 83.5 cm³/mol. The molecule has 0 spiro atoms. The molecule has 0 aliphatic rings. The molecule has 2 heteroatoms. The minimum atomic E-state index is 0.467. The number of halogens is 1. The van der Waals surface area contributed by atoms with Gasteiger partial charge in [0.1, 0.15) is 6.33 Å². The maximum absolute atomic E-state index is 12.6. The van der Waals surface area contributed by atoms with E-state index in [9.17, 15) is 4.39 Å². The summed E-state index contributed by atoms with van der Waals surface area (Å²) in [5.41, 5.74) is 3.68. The van der Waals surface area contributed by atoms with E-state index >= 15 is 0 Å². The lowest BCUT2D eigenvalue weighted by molar-refractivity contribution is 0.697. The molecule has 0 heterocycles. The van der Waals surface area contributed by atoms with Crippen LogP contribution in [0.2, 0.25) is 0 Å². The summed E-state index contributed by atoms with van der Waals surface area (Å²) in [7, 11) is 0. The van der Waals surface area contributed by atoms with Crippen LogP contribution in [0, 0.1) is 0 Å². The number of hydrogen-bond acceptors (Lipinski definition) is 1. The third-order valence-electron chi connectivity index (χ3n) is 2.46. The molecule has 0 radical (unpaired) electrons. The highest BCUT2D eigenvalue weighted by molar-refractivity contribution is 5.26. The molecule has 0 bridgehead atoms. The molecular formula is C17H24FN. The minimum Gasteiger partial charge on any atom is -0.380 e. The third kappa shape index (κ3) is 9.83. The van der Waals surface area contributed by atoms with Crippen molar-refractivity contribution in [3.8, 4) is 0 Å². The lowest BCUT2D eigenvalue weighted by atomic mass is 10.2. The molecule has 0 fully saturated rings. The lowest BCUT2D eigenvalue weighted by Crippen LogP contribution is -2.11. The monoisotopic (exact) mass is 261 g/mol. The summed E-state index contributed by atoms with van der Waals surface area (Å²) < 4.78 is 12.6. The van der Waals surface area contributed by atoms with E-state index in [4.69, 9.17) is 0 Å². The highest BCUT2D eigenvalue weighted by Crippen LogP contribution is 2.01. The molecule has 19 heavy (non-hydrogen) atoms. The fraction of sp³-hybridized carbons (Fsp3) is 0.294. The van der Waals surface area contributed by atoms with Gasteiger partial charge in [0.25, 0.3) is 0 Å². The fourth-order valence-corrected chi connectivity index (χ4v) is 1.12.